The van der Waals surface area contributed by atoms with E-state index in [1.165, 1.54) is 0 Å². The molecule has 0 amide bonds. The lowest BCUT2D eigenvalue weighted by Gasteiger charge is -2.36. The fourth-order valence-corrected chi connectivity index (χ4v) is 6.23. The Kier molecular flexibility index (Phi) is 13.1. The van der Waals surface area contributed by atoms with Crippen molar-refractivity contribution < 1.29 is 19.1 Å². The standard InChI is InChI=1S/C31H48ClN3O4Si.CH4/c1-8-24-27(25(35-34-24)16-12-10-11-13-19-36)26-23(32)18-17-22-21(29(33-28(22)26)30(37)38-9-2)15-14-20-39-40(6,7)31(3,4)5;/h17-18,33,36H,8-16,19-20H2,1-7H3,(H,34,35);1H4. The summed E-state index contributed by atoms with van der Waals surface area (Å²) in [5.74, 6) is -0.354. The Labute approximate surface area is 252 Å². The maximum atomic E-state index is 13.1. The van der Waals surface area contributed by atoms with Crippen molar-refractivity contribution in [2.24, 2.45) is 0 Å². The number of rotatable bonds is 15. The molecule has 0 spiro atoms. The third kappa shape index (κ3) is 8.24. The first-order valence-corrected chi connectivity index (χ1v) is 18.1. The van der Waals surface area contributed by atoms with E-state index in [0.717, 1.165) is 83.9 Å². The smallest absolute Gasteiger partial charge is 0.355 e. The molecule has 2 heterocycles. The number of nitrogens with zero attached hydrogens (tertiary/aromatic N) is 1. The van der Waals surface area contributed by atoms with Crippen LogP contribution in [0.2, 0.25) is 23.2 Å². The summed E-state index contributed by atoms with van der Waals surface area (Å²) >= 11 is 6.90. The Morgan fingerprint density at radius 3 is 2.39 bits per heavy atom. The number of aromatic amines is 2. The SMILES string of the molecule is C.CCOC(=O)c1[nH]c2c(-c3c(CC)n[nH]c3CCCCCCO)c(Cl)ccc2c1CCCO[Si](C)(C)C(C)(C)C. The number of aliphatic hydroxyl groups excluding tert-OH is 1. The predicted octanol–water partition coefficient (Wildman–Crippen LogP) is 8.64. The topological polar surface area (TPSA) is 100 Å². The highest BCUT2D eigenvalue weighted by atomic mass is 35.5. The van der Waals surface area contributed by atoms with Crippen LogP contribution < -0.4 is 0 Å². The molecule has 0 bridgehead atoms. The average molecular weight is 606 g/mol. The zero-order valence-corrected chi connectivity index (χ0v) is 27.2. The molecule has 0 aliphatic heterocycles. The van der Waals surface area contributed by atoms with E-state index in [4.69, 9.17) is 25.9 Å². The molecule has 230 valence electrons. The number of fused-ring (bicyclic) bond motifs is 1. The van der Waals surface area contributed by atoms with Crippen molar-refractivity contribution in [1.29, 1.82) is 0 Å². The van der Waals surface area contributed by atoms with Crippen LogP contribution in [0.25, 0.3) is 22.0 Å². The van der Waals surface area contributed by atoms with E-state index in [9.17, 15) is 4.79 Å². The summed E-state index contributed by atoms with van der Waals surface area (Å²) in [4.78, 5) is 16.5. The van der Waals surface area contributed by atoms with Crippen LogP contribution in [0.4, 0.5) is 0 Å². The minimum atomic E-state index is -1.86. The number of ether oxygens (including phenoxy) is 1. The number of H-pyrrole nitrogens is 2. The van der Waals surface area contributed by atoms with Gasteiger partial charge in [0.05, 0.1) is 22.8 Å². The van der Waals surface area contributed by atoms with Crippen LogP contribution in [0.1, 0.15) is 102 Å². The predicted molar refractivity (Wildman–Crippen MR) is 174 cm³/mol. The van der Waals surface area contributed by atoms with Crippen molar-refractivity contribution in [3.8, 4) is 11.1 Å². The second kappa shape index (κ2) is 15.4. The molecular weight excluding hydrogens is 554 g/mol. The summed E-state index contributed by atoms with van der Waals surface area (Å²) in [6, 6.07) is 3.93. The third-order valence-electron chi connectivity index (χ3n) is 8.19. The summed E-state index contributed by atoms with van der Waals surface area (Å²) in [5.41, 5.74) is 6.17. The van der Waals surface area contributed by atoms with Gasteiger partial charge in [-0.3, -0.25) is 5.10 Å². The molecule has 0 aliphatic rings. The second-order valence-corrected chi connectivity index (χ2v) is 17.2. The first kappa shape index (κ1) is 35.1. The second-order valence-electron chi connectivity index (χ2n) is 12.0. The van der Waals surface area contributed by atoms with E-state index in [1.54, 1.807) is 0 Å². The van der Waals surface area contributed by atoms with Crippen molar-refractivity contribution in [1.82, 2.24) is 15.2 Å². The molecule has 0 atom stereocenters. The van der Waals surface area contributed by atoms with Crippen molar-refractivity contribution >= 4 is 36.8 Å². The van der Waals surface area contributed by atoms with Gasteiger partial charge in [0.15, 0.2) is 8.32 Å². The van der Waals surface area contributed by atoms with Crippen LogP contribution in [0.15, 0.2) is 12.1 Å². The van der Waals surface area contributed by atoms with Crippen LogP contribution in [-0.4, -0.2) is 54.4 Å². The molecule has 0 saturated heterocycles. The first-order chi connectivity index (χ1) is 19.0. The van der Waals surface area contributed by atoms with E-state index in [0.29, 0.717) is 30.4 Å². The van der Waals surface area contributed by atoms with E-state index in [-0.39, 0.29) is 25.0 Å². The lowest BCUT2D eigenvalue weighted by molar-refractivity contribution is 0.0519. The number of carbonyl (C=O) groups excluding carboxylic acids is 1. The van der Waals surface area contributed by atoms with Gasteiger partial charge < -0.3 is 19.3 Å². The fraction of sp³-hybridized carbons (Fsp3) is 0.625. The summed E-state index contributed by atoms with van der Waals surface area (Å²) in [6.07, 6.45) is 6.93. The van der Waals surface area contributed by atoms with E-state index < -0.39 is 8.32 Å². The van der Waals surface area contributed by atoms with Crippen LogP contribution in [0, 0.1) is 0 Å². The average Bonchev–Trinajstić information content (AvgIpc) is 3.47. The summed E-state index contributed by atoms with van der Waals surface area (Å²) in [6.45, 7) is 16.3. The van der Waals surface area contributed by atoms with Crippen molar-refractivity contribution in [2.45, 2.75) is 112 Å². The third-order valence-corrected chi connectivity index (χ3v) is 13.0. The summed E-state index contributed by atoms with van der Waals surface area (Å²) in [7, 11) is -1.86. The zero-order valence-electron chi connectivity index (χ0n) is 25.4. The molecule has 3 aromatic rings. The Bertz CT molecular complexity index is 1280. The monoisotopic (exact) mass is 605 g/mol. The summed E-state index contributed by atoms with van der Waals surface area (Å²) in [5, 5.41) is 18.7. The normalized spacial score (nSPS) is 12.1. The molecule has 0 saturated carbocycles. The van der Waals surface area contributed by atoms with Gasteiger partial charge in [-0.2, -0.15) is 5.10 Å². The van der Waals surface area contributed by atoms with Crippen molar-refractivity contribution in [3.63, 3.8) is 0 Å². The number of hydrogen-bond acceptors (Lipinski definition) is 5. The molecule has 1 aromatic carbocycles. The highest BCUT2D eigenvalue weighted by Gasteiger charge is 2.37. The highest BCUT2D eigenvalue weighted by Crippen LogP contribution is 2.41. The lowest BCUT2D eigenvalue weighted by atomic mass is 9.95. The minimum absolute atomic E-state index is 0. The molecule has 2 aromatic heterocycles. The van der Waals surface area contributed by atoms with Gasteiger partial charge >= 0.3 is 5.97 Å². The number of carbonyl (C=O) groups is 1. The number of aromatic nitrogens is 3. The number of esters is 1. The van der Waals surface area contributed by atoms with E-state index in [2.05, 4.69) is 56.0 Å². The quantitative estimate of drug-likeness (QED) is 0.0914. The van der Waals surface area contributed by atoms with Crippen LogP contribution in [0.3, 0.4) is 0 Å². The van der Waals surface area contributed by atoms with Gasteiger partial charge in [0, 0.05) is 35.4 Å². The lowest BCUT2D eigenvalue weighted by Crippen LogP contribution is -2.41. The number of nitrogens with one attached hydrogen (secondary N) is 2. The van der Waals surface area contributed by atoms with Gasteiger partial charge in [0.2, 0.25) is 0 Å². The van der Waals surface area contributed by atoms with Gasteiger partial charge in [0.25, 0.3) is 0 Å². The molecule has 9 heteroatoms. The largest absolute Gasteiger partial charge is 0.461 e. The Morgan fingerprint density at radius 2 is 1.76 bits per heavy atom. The summed E-state index contributed by atoms with van der Waals surface area (Å²) < 4.78 is 11.9. The fourth-order valence-electron chi connectivity index (χ4n) is 4.89. The number of unbranched alkanes of at least 4 members (excludes halogenated alkanes) is 3. The van der Waals surface area contributed by atoms with Gasteiger partial charge in [-0.15, -0.1) is 0 Å². The number of aryl methyl sites for hydroxylation is 3. The number of hydrogen-bond donors (Lipinski definition) is 3. The number of aliphatic hydroxyl groups is 1. The van der Waals surface area contributed by atoms with Crippen molar-refractivity contribution in [3.05, 3.63) is 39.8 Å². The maximum Gasteiger partial charge on any atom is 0.355 e. The Hall–Kier alpha value is -2.13. The molecule has 0 radical (unpaired) electrons. The zero-order chi connectivity index (χ0) is 29.5. The molecule has 0 unspecified atom stereocenters. The number of benzene rings is 1. The van der Waals surface area contributed by atoms with Gasteiger partial charge in [-0.05, 0) is 75.2 Å². The molecule has 0 aliphatic carbocycles. The first-order valence-electron chi connectivity index (χ1n) is 14.8. The Morgan fingerprint density at radius 1 is 1.05 bits per heavy atom. The molecular formula is C32H52ClN3O4Si. The van der Waals surface area contributed by atoms with Crippen LogP contribution in [0.5, 0.6) is 0 Å². The van der Waals surface area contributed by atoms with Crippen LogP contribution >= 0.6 is 11.6 Å². The highest BCUT2D eigenvalue weighted by molar-refractivity contribution is 6.74. The van der Waals surface area contributed by atoms with Gasteiger partial charge in [-0.1, -0.05) is 65.6 Å². The van der Waals surface area contributed by atoms with Crippen LogP contribution in [-0.2, 0) is 28.4 Å². The Balaban J connectivity index is 0.00000588. The maximum absolute atomic E-state index is 13.1. The molecule has 3 N–H and O–H groups in total. The van der Waals surface area contributed by atoms with Gasteiger partial charge in [-0.25, -0.2) is 4.79 Å². The number of halogens is 1. The van der Waals surface area contributed by atoms with Gasteiger partial charge in [0.1, 0.15) is 5.69 Å². The minimum Gasteiger partial charge on any atom is -0.461 e. The van der Waals surface area contributed by atoms with Crippen molar-refractivity contribution in [2.75, 3.05) is 19.8 Å². The molecule has 3 rings (SSSR count). The molecule has 41 heavy (non-hydrogen) atoms. The molecule has 7 nitrogen and oxygen atoms in total. The molecule has 0 fully saturated rings. The van der Waals surface area contributed by atoms with E-state index in [1.807, 2.05) is 19.1 Å². The van der Waals surface area contributed by atoms with E-state index >= 15 is 0 Å².